The van der Waals surface area contributed by atoms with Crippen LogP contribution in [0.5, 0.6) is 5.88 Å². The average molecular weight is 203 g/mol. The Morgan fingerprint density at radius 3 is 2.85 bits per heavy atom. The van der Waals surface area contributed by atoms with E-state index in [0.29, 0.717) is 0 Å². The second-order valence-corrected chi connectivity index (χ2v) is 2.62. The average Bonchev–Trinajstić information content (AvgIpc) is 2.07. The molecule has 0 saturated carbocycles. The fourth-order valence-corrected chi connectivity index (χ4v) is 1.03. The number of ether oxygens (including phenoxy) is 1. The van der Waals surface area contributed by atoms with Gasteiger partial charge in [-0.2, -0.15) is 4.98 Å². The molecule has 0 atom stereocenters. The van der Waals surface area contributed by atoms with E-state index in [4.69, 9.17) is 27.2 Å². The second kappa shape index (κ2) is 3.49. The summed E-state index contributed by atoms with van der Waals surface area (Å²) in [7, 11) is 1.37. The Hall–Kier alpha value is -1.49. The number of pyridine rings is 1. The number of aromatic carboxylic acids is 1. The third-order valence-electron chi connectivity index (χ3n) is 1.40. The van der Waals surface area contributed by atoms with Gasteiger partial charge in [0.05, 0.1) is 7.11 Å². The number of nitrogens with two attached hydrogens (primary N) is 1. The maximum absolute atomic E-state index is 10.6. The van der Waals surface area contributed by atoms with Gasteiger partial charge < -0.3 is 15.6 Å². The van der Waals surface area contributed by atoms with Gasteiger partial charge in [-0.05, 0) is 6.07 Å². The Labute approximate surface area is 79.1 Å². The van der Waals surface area contributed by atoms with Crippen LogP contribution in [0.3, 0.4) is 0 Å². The largest absolute Gasteiger partial charge is 0.480 e. The van der Waals surface area contributed by atoms with Crippen LogP contribution in [0.1, 0.15) is 10.4 Å². The number of carboxylic acid groups (broad SMARTS) is 1. The van der Waals surface area contributed by atoms with Crippen molar-refractivity contribution >= 4 is 23.4 Å². The molecule has 0 amide bonds. The molecule has 0 spiro atoms. The van der Waals surface area contributed by atoms with E-state index in [1.54, 1.807) is 0 Å². The first-order valence-corrected chi connectivity index (χ1v) is 3.67. The van der Waals surface area contributed by atoms with Crippen LogP contribution >= 0.6 is 11.6 Å². The van der Waals surface area contributed by atoms with Gasteiger partial charge >= 0.3 is 5.97 Å². The Morgan fingerprint density at radius 1 is 1.77 bits per heavy atom. The zero-order chi connectivity index (χ0) is 10.0. The predicted molar refractivity (Wildman–Crippen MR) is 47.2 cm³/mol. The molecule has 1 rings (SSSR count). The Kier molecular flexibility index (Phi) is 2.57. The Morgan fingerprint density at radius 2 is 2.38 bits per heavy atom. The number of carboxylic acids is 1. The highest BCUT2D eigenvalue weighted by atomic mass is 35.5. The lowest BCUT2D eigenvalue weighted by Crippen LogP contribution is -2.05. The van der Waals surface area contributed by atoms with Crippen molar-refractivity contribution in [3.63, 3.8) is 0 Å². The summed E-state index contributed by atoms with van der Waals surface area (Å²) in [6, 6.07) is 1.20. The first-order valence-electron chi connectivity index (χ1n) is 3.29. The van der Waals surface area contributed by atoms with Crippen LogP contribution in [0.25, 0.3) is 0 Å². The van der Waals surface area contributed by atoms with Crippen LogP contribution in [0.2, 0.25) is 5.02 Å². The molecule has 0 saturated heterocycles. The summed E-state index contributed by atoms with van der Waals surface area (Å²) in [5.74, 6) is -1.17. The van der Waals surface area contributed by atoms with E-state index in [1.165, 1.54) is 13.2 Å². The number of carbonyl (C=O) groups is 1. The number of rotatable bonds is 2. The van der Waals surface area contributed by atoms with Crippen molar-refractivity contribution in [2.75, 3.05) is 12.8 Å². The summed E-state index contributed by atoms with van der Waals surface area (Å²) in [5, 5.41) is 8.75. The Balaban J connectivity index is 3.28. The van der Waals surface area contributed by atoms with Gasteiger partial charge in [0.2, 0.25) is 5.88 Å². The van der Waals surface area contributed by atoms with Gasteiger partial charge in [0.15, 0.2) is 0 Å². The number of halogens is 1. The number of methoxy groups -OCH3 is 1. The van der Waals surface area contributed by atoms with Gasteiger partial charge in [-0.25, -0.2) is 4.79 Å². The molecule has 0 bridgehead atoms. The number of aromatic nitrogens is 1. The van der Waals surface area contributed by atoms with E-state index in [2.05, 4.69) is 4.98 Å². The lowest BCUT2D eigenvalue weighted by atomic mass is 10.2. The zero-order valence-electron chi connectivity index (χ0n) is 6.74. The number of hydrogen-bond acceptors (Lipinski definition) is 4. The van der Waals surface area contributed by atoms with Gasteiger partial charge in [0.1, 0.15) is 16.4 Å². The summed E-state index contributed by atoms with van der Waals surface area (Å²) < 4.78 is 4.74. The van der Waals surface area contributed by atoms with E-state index in [9.17, 15) is 4.79 Å². The third-order valence-corrected chi connectivity index (χ3v) is 1.67. The van der Waals surface area contributed by atoms with Crippen LogP contribution in [-0.2, 0) is 0 Å². The summed E-state index contributed by atoms with van der Waals surface area (Å²) >= 11 is 5.64. The van der Waals surface area contributed by atoms with Crippen molar-refractivity contribution < 1.29 is 14.6 Å². The van der Waals surface area contributed by atoms with Crippen LogP contribution in [0.15, 0.2) is 6.07 Å². The van der Waals surface area contributed by atoms with Crippen LogP contribution < -0.4 is 10.5 Å². The second-order valence-electron chi connectivity index (χ2n) is 2.22. The first kappa shape index (κ1) is 9.60. The van der Waals surface area contributed by atoms with Crippen LogP contribution in [-0.4, -0.2) is 23.2 Å². The number of hydrogen-bond donors (Lipinski definition) is 2. The van der Waals surface area contributed by atoms with Crippen molar-refractivity contribution in [2.45, 2.75) is 0 Å². The minimum absolute atomic E-state index is 0.115. The molecule has 1 heterocycles. The number of anilines is 1. The van der Waals surface area contributed by atoms with Gasteiger partial charge in [0.25, 0.3) is 0 Å². The molecular weight excluding hydrogens is 196 g/mol. The molecule has 0 aromatic carbocycles. The highest BCUT2D eigenvalue weighted by Gasteiger charge is 2.13. The summed E-state index contributed by atoms with van der Waals surface area (Å²) in [6.45, 7) is 0. The topological polar surface area (TPSA) is 85.4 Å². The van der Waals surface area contributed by atoms with Gasteiger partial charge in [0, 0.05) is 0 Å². The SMILES string of the molecule is COc1nc(N)c(C(=O)O)cc1Cl. The maximum Gasteiger partial charge on any atom is 0.339 e. The molecule has 70 valence electrons. The monoisotopic (exact) mass is 202 g/mol. The van der Waals surface area contributed by atoms with E-state index in [1.807, 2.05) is 0 Å². The lowest BCUT2D eigenvalue weighted by Gasteiger charge is -2.04. The molecule has 5 nitrogen and oxygen atoms in total. The van der Waals surface area contributed by atoms with Gasteiger partial charge in [-0.1, -0.05) is 11.6 Å². The summed E-state index contributed by atoms with van der Waals surface area (Å²) in [6.07, 6.45) is 0. The molecule has 13 heavy (non-hydrogen) atoms. The molecule has 0 unspecified atom stereocenters. The molecule has 0 radical (unpaired) electrons. The maximum atomic E-state index is 10.6. The zero-order valence-corrected chi connectivity index (χ0v) is 7.50. The van der Waals surface area contributed by atoms with Gasteiger partial charge in [-0.3, -0.25) is 0 Å². The number of nitrogens with zero attached hydrogens (tertiary/aromatic N) is 1. The quantitative estimate of drug-likeness (QED) is 0.748. The van der Waals surface area contributed by atoms with Crippen molar-refractivity contribution in [2.24, 2.45) is 0 Å². The smallest absolute Gasteiger partial charge is 0.339 e. The molecule has 0 aliphatic rings. The van der Waals surface area contributed by atoms with Gasteiger partial charge in [-0.15, -0.1) is 0 Å². The van der Waals surface area contributed by atoms with E-state index >= 15 is 0 Å². The predicted octanol–water partition coefficient (Wildman–Crippen LogP) is 1.02. The fourth-order valence-electron chi connectivity index (χ4n) is 0.800. The van der Waals surface area contributed by atoms with Crippen molar-refractivity contribution in [3.8, 4) is 5.88 Å². The molecular formula is C7H7ClN2O3. The molecule has 0 aliphatic carbocycles. The minimum atomic E-state index is -1.17. The van der Waals surface area contributed by atoms with E-state index < -0.39 is 5.97 Å². The molecule has 0 fully saturated rings. The van der Waals surface area contributed by atoms with Crippen molar-refractivity contribution in [3.05, 3.63) is 16.7 Å². The van der Waals surface area contributed by atoms with Crippen LogP contribution in [0, 0.1) is 0 Å². The normalized spacial score (nSPS) is 9.69. The number of nitrogen functional groups attached to an aromatic ring is 1. The van der Waals surface area contributed by atoms with Crippen LogP contribution in [0.4, 0.5) is 5.82 Å². The Bertz CT molecular complexity index is 354. The summed E-state index contributed by atoms with van der Waals surface area (Å²) in [4.78, 5) is 14.2. The molecule has 1 aromatic rings. The third kappa shape index (κ3) is 1.81. The first-order chi connectivity index (χ1) is 6.06. The van der Waals surface area contributed by atoms with E-state index in [-0.39, 0.29) is 22.3 Å². The fraction of sp³-hybridized carbons (Fsp3) is 0.143. The molecule has 1 aromatic heterocycles. The lowest BCUT2D eigenvalue weighted by molar-refractivity contribution is 0.0697. The van der Waals surface area contributed by atoms with Crippen molar-refractivity contribution in [1.29, 1.82) is 0 Å². The molecule has 6 heteroatoms. The van der Waals surface area contributed by atoms with Crippen molar-refractivity contribution in [1.82, 2.24) is 4.98 Å². The summed E-state index contributed by atoms with van der Waals surface area (Å²) in [5.41, 5.74) is 5.20. The molecule has 0 aliphatic heterocycles. The van der Waals surface area contributed by atoms with E-state index in [0.717, 1.165) is 0 Å². The molecule has 3 N–H and O–H groups in total. The highest BCUT2D eigenvalue weighted by Crippen LogP contribution is 2.25. The minimum Gasteiger partial charge on any atom is -0.480 e. The highest BCUT2D eigenvalue weighted by molar-refractivity contribution is 6.32. The standard InChI is InChI=1S/C7H7ClN2O3/c1-13-6-4(8)2-3(7(11)12)5(9)10-6/h2H,1H3,(H2,9,10)(H,11,12).